The molecule has 0 aromatic carbocycles. The number of nitrogens with zero attached hydrogens (tertiary/aromatic N) is 1. The van der Waals surface area contributed by atoms with Crippen molar-refractivity contribution in [2.45, 2.75) is 159 Å². The number of nitrogens with two attached hydrogens (primary N) is 7. The molecule has 496 valence electrons. The first-order valence-electron chi connectivity index (χ1n) is 27.3. The number of aliphatic imine (C=N–C) groups is 1. The minimum absolute atomic E-state index is 0.0168. The third kappa shape index (κ3) is 31.2. The van der Waals surface area contributed by atoms with Crippen LogP contribution in [0.5, 0.6) is 0 Å². The van der Waals surface area contributed by atoms with Crippen molar-refractivity contribution in [1.29, 1.82) is 0 Å². The van der Waals surface area contributed by atoms with E-state index in [1.54, 1.807) is 27.7 Å². The number of guanidine groups is 1. The summed E-state index contributed by atoms with van der Waals surface area (Å²) in [5.74, 6) is -19.5. The van der Waals surface area contributed by atoms with E-state index in [1.165, 1.54) is 6.92 Å². The molecule has 0 radical (unpaired) electrons. The smallest absolute Gasteiger partial charge is 0.327 e. The molecule has 15 amide bonds. The highest BCUT2D eigenvalue weighted by atomic mass is 32.1. The van der Waals surface area contributed by atoms with Crippen molar-refractivity contribution in [3.63, 3.8) is 0 Å². The van der Waals surface area contributed by atoms with E-state index in [9.17, 15) is 86.9 Å². The topological polar surface area (TPSA) is 640 Å². The molecule has 0 saturated carbocycles. The Hall–Kier alpha value is -8.59. The highest BCUT2D eigenvalue weighted by Gasteiger charge is 2.37. The van der Waals surface area contributed by atoms with Crippen LogP contribution < -0.4 is 98.6 Å². The molecule has 0 aliphatic heterocycles. The Balaban J connectivity index is 6.65. The number of hydrogen-bond acceptors (Lipinski definition) is 21. The fourth-order valence-electron chi connectivity index (χ4n) is 7.52. The molecule has 0 saturated heterocycles. The lowest BCUT2D eigenvalue weighted by molar-refractivity contribution is -0.141. The van der Waals surface area contributed by atoms with Crippen LogP contribution in [0.3, 0.4) is 0 Å². The number of thiol groups is 2. The van der Waals surface area contributed by atoms with Crippen molar-refractivity contribution in [1.82, 2.24) is 58.5 Å². The van der Waals surface area contributed by atoms with Gasteiger partial charge in [0.05, 0.1) is 38.5 Å². The number of hydrogen-bond donors (Lipinski definition) is 22. The van der Waals surface area contributed by atoms with Gasteiger partial charge in [-0.3, -0.25) is 76.9 Å². The minimum Gasteiger partial charge on any atom is -0.480 e. The van der Waals surface area contributed by atoms with Gasteiger partial charge in [-0.15, -0.1) is 0 Å². The fraction of sp³-hybridized carbons (Fsp3) is 0.653. The molecule has 12 atom stereocenters. The van der Waals surface area contributed by atoms with Crippen molar-refractivity contribution in [2.75, 3.05) is 31.2 Å². The van der Waals surface area contributed by atoms with Gasteiger partial charge in [-0.1, -0.05) is 34.1 Å². The lowest BCUT2D eigenvalue weighted by atomic mass is 9.96. The minimum atomic E-state index is -1.87. The molecule has 0 aromatic heterocycles. The summed E-state index contributed by atoms with van der Waals surface area (Å²) in [6.45, 7) is 5.62. The van der Waals surface area contributed by atoms with Gasteiger partial charge in [0.1, 0.15) is 60.4 Å². The molecular weight excluding hydrogens is 1210 g/mol. The van der Waals surface area contributed by atoms with Crippen LogP contribution in [0.4, 0.5) is 0 Å². The molecular formula is C49H85N19O18S2. The highest BCUT2D eigenvalue weighted by Crippen LogP contribution is 2.13. The largest absolute Gasteiger partial charge is 0.480 e. The van der Waals surface area contributed by atoms with E-state index in [0.717, 1.165) is 0 Å². The van der Waals surface area contributed by atoms with Gasteiger partial charge < -0.3 is 109 Å². The van der Waals surface area contributed by atoms with Gasteiger partial charge in [0.15, 0.2) is 5.96 Å². The molecule has 0 aromatic rings. The van der Waals surface area contributed by atoms with E-state index in [-0.39, 0.29) is 49.9 Å². The van der Waals surface area contributed by atoms with Crippen LogP contribution in [-0.2, 0) is 76.7 Å². The molecule has 0 fully saturated rings. The molecule has 39 heteroatoms. The van der Waals surface area contributed by atoms with Gasteiger partial charge in [-0.05, 0) is 44.4 Å². The van der Waals surface area contributed by atoms with Crippen LogP contribution >= 0.6 is 25.3 Å². The molecule has 0 spiro atoms. The van der Waals surface area contributed by atoms with Crippen molar-refractivity contribution in [2.24, 2.45) is 57.0 Å². The Bertz CT molecular complexity index is 2540. The number of carboxylic acid groups (broad SMARTS) is 1. The SMILES string of the molecule is CC[C@H](C)[C@H](NC(=O)[C@H](CO)NC(=O)[C@H](C)NC(=O)[C@H](CC(N)=O)NC(=O)[C@@H](N)CS)C(=O)N[C@@H](CC(C)C)C(=O)N[C@@H](CCCN=C(N)N)C(=O)N[C@@H](CC(N)=O)C(=O)NCC(=O)N[C@@H](CCC(N)=O)C(=O)N[C@@H](CC(N)=O)C(=O)N[C@@H](CS)C(=O)O. The van der Waals surface area contributed by atoms with Gasteiger partial charge in [-0.2, -0.15) is 25.3 Å². The lowest BCUT2D eigenvalue weighted by Crippen LogP contribution is -2.61. The Morgan fingerprint density at radius 2 is 0.909 bits per heavy atom. The fourth-order valence-corrected chi connectivity index (χ4v) is 7.94. The average molecular weight is 1290 g/mol. The summed E-state index contributed by atoms with van der Waals surface area (Å²) in [7, 11) is 0. The van der Waals surface area contributed by atoms with Crippen LogP contribution in [0, 0.1) is 11.8 Å². The van der Waals surface area contributed by atoms with Gasteiger partial charge >= 0.3 is 5.97 Å². The van der Waals surface area contributed by atoms with Crippen LogP contribution in [-0.4, -0.2) is 208 Å². The zero-order chi connectivity index (χ0) is 67.7. The number of rotatable bonds is 43. The molecule has 0 heterocycles. The molecule has 37 nitrogen and oxygen atoms in total. The predicted molar refractivity (Wildman–Crippen MR) is 317 cm³/mol. The Morgan fingerprint density at radius 3 is 1.36 bits per heavy atom. The van der Waals surface area contributed by atoms with E-state index < -0.39 is 218 Å². The summed E-state index contributed by atoms with van der Waals surface area (Å²) in [6.07, 6.45) is -3.67. The molecule has 0 rings (SSSR count). The van der Waals surface area contributed by atoms with Crippen LogP contribution in [0.2, 0.25) is 0 Å². The third-order valence-electron chi connectivity index (χ3n) is 12.5. The second-order valence-electron chi connectivity index (χ2n) is 20.5. The molecule has 0 unspecified atom stereocenters. The zero-order valence-corrected chi connectivity index (χ0v) is 51.0. The highest BCUT2D eigenvalue weighted by molar-refractivity contribution is 7.80. The number of aliphatic hydroxyl groups excluding tert-OH is 1. The van der Waals surface area contributed by atoms with Crippen molar-refractivity contribution < 1.29 is 86.9 Å². The number of aliphatic carboxylic acids is 1. The quantitative estimate of drug-likeness (QED) is 0.0117. The first kappa shape index (κ1) is 79.4. The maximum absolute atomic E-state index is 14.2. The first-order chi connectivity index (χ1) is 41.0. The second kappa shape index (κ2) is 40.7. The first-order valence-corrected chi connectivity index (χ1v) is 28.6. The van der Waals surface area contributed by atoms with E-state index in [0.29, 0.717) is 0 Å². The zero-order valence-electron chi connectivity index (χ0n) is 49.2. The summed E-state index contributed by atoms with van der Waals surface area (Å²) < 4.78 is 0. The molecule has 0 aliphatic rings. The summed E-state index contributed by atoms with van der Waals surface area (Å²) in [5.41, 5.74) is 37.7. The van der Waals surface area contributed by atoms with E-state index in [2.05, 4.69) is 88.7 Å². The summed E-state index contributed by atoms with van der Waals surface area (Å²) >= 11 is 7.75. The number of aliphatic hydroxyl groups is 1. The Labute approximate surface area is 516 Å². The number of carbonyl (C=O) groups excluding carboxylic acids is 15. The maximum atomic E-state index is 14.2. The number of carbonyl (C=O) groups is 16. The van der Waals surface area contributed by atoms with Crippen molar-refractivity contribution in [3.05, 3.63) is 0 Å². The number of nitrogens with one attached hydrogen (secondary N) is 11. The van der Waals surface area contributed by atoms with Crippen LogP contribution in [0.25, 0.3) is 0 Å². The van der Waals surface area contributed by atoms with Gasteiger partial charge in [0.2, 0.25) is 88.6 Å². The standard InChI is InChI=1S/C49H85N19O18S2/c1-6-21(4)37(68-46(83)30(17-69)66-38(75)22(5)59-43(80)28(14-34(53)72)62-39(76)23(50)18-87)47(84)65-26(12-20(2)3)44(81)61-24(8-7-11-57-49(55)56)41(78)63-27(13-33(52)71)40(77)58-16-36(74)60-25(9-10-32(51)70)42(79)64-29(15-35(54)73)45(82)67-31(19-88)48(85)86/h20-31,37,69,87-88H,6-19,50H2,1-5H3,(H2,51,70)(H2,52,71)(H2,53,72)(H2,54,73)(H,58,77)(H,59,80)(H,60,74)(H,61,81)(H,62,76)(H,63,78)(H,64,79)(H,65,84)(H,66,75)(H,67,82)(H,68,83)(H,85,86)(H4,55,56,57)/t21-,22-,23-,24-,25-,26-,27-,28-,29-,30-,31-,37-/m0/s1. The second-order valence-corrected chi connectivity index (χ2v) is 21.2. The van der Waals surface area contributed by atoms with E-state index in [1.807, 2.05) is 0 Å². The summed E-state index contributed by atoms with van der Waals surface area (Å²) in [5, 5.41) is 44.6. The number of carboxylic acids is 1. The lowest BCUT2D eigenvalue weighted by Gasteiger charge is -2.29. The van der Waals surface area contributed by atoms with Crippen LogP contribution in [0.15, 0.2) is 4.99 Å². The Morgan fingerprint density at radius 1 is 0.477 bits per heavy atom. The number of primary amides is 4. The molecule has 27 N–H and O–H groups in total. The third-order valence-corrected chi connectivity index (χ3v) is 13.2. The average Bonchev–Trinajstić information content (AvgIpc) is 3.02. The normalized spacial score (nSPS) is 15.0. The van der Waals surface area contributed by atoms with Crippen molar-refractivity contribution >= 4 is 126 Å². The monoisotopic (exact) mass is 1290 g/mol. The summed E-state index contributed by atoms with van der Waals surface area (Å²) in [6, 6.07) is -17.5. The van der Waals surface area contributed by atoms with E-state index in [4.69, 9.17) is 40.1 Å². The molecule has 0 aliphatic carbocycles. The van der Waals surface area contributed by atoms with Gasteiger partial charge in [0, 0.05) is 24.5 Å². The number of amides is 15. The summed E-state index contributed by atoms with van der Waals surface area (Å²) in [4.78, 5) is 211. The van der Waals surface area contributed by atoms with Crippen molar-refractivity contribution in [3.8, 4) is 0 Å². The van der Waals surface area contributed by atoms with Gasteiger partial charge in [-0.25, -0.2) is 4.79 Å². The predicted octanol–water partition coefficient (Wildman–Crippen LogP) is -10.7. The van der Waals surface area contributed by atoms with Gasteiger partial charge in [0.25, 0.3) is 0 Å². The molecule has 0 bridgehead atoms. The van der Waals surface area contributed by atoms with E-state index >= 15 is 0 Å². The Kier molecular flexibility index (Phi) is 36.8. The maximum Gasteiger partial charge on any atom is 0.327 e. The van der Waals surface area contributed by atoms with Crippen LogP contribution in [0.1, 0.15) is 92.4 Å². The molecule has 88 heavy (non-hydrogen) atoms.